The zero-order valence-electron chi connectivity index (χ0n) is 30.9. The Kier molecular flexibility index (Phi) is 13.4. The van der Waals surface area contributed by atoms with Crippen LogP contribution < -0.4 is 28.6 Å². The highest BCUT2D eigenvalue weighted by molar-refractivity contribution is 7.92. The summed E-state index contributed by atoms with van der Waals surface area (Å²) in [4.78, 5) is 39.8. The number of hydrogen-bond acceptors (Lipinski definition) is 11. The zero-order chi connectivity index (χ0) is 40.9. The summed E-state index contributed by atoms with van der Waals surface area (Å²) in [5.74, 6) is -1.57. The molecule has 1 atom stereocenters. The fourth-order valence-corrected chi connectivity index (χ4v) is 6.68. The first-order chi connectivity index (χ1) is 26.3. The number of sulfonamides is 1. The number of alkyl halides is 2. The predicted molar refractivity (Wildman–Crippen MR) is 200 cm³/mol. The van der Waals surface area contributed by atoms with Crippen LogP contribution in [0.2, 0.25) is 10.0 Å². The highest BCUT2D eigenvalue weighted by atomic mass is 35.5. The Labute approximate surface area is 332 Å². The molecule has 1 unspecified atom stereocenters. The molecule has 0 radical (unpaired) electrons. The Balaban J connectivity index is 1.37. The molecule has 2 aliphatic carbocycles. The molecule has 2 saturated carbocycles. The summed E-state index contributed by atoms with van der Waals surface area (Å²) in [6.07, 6.45) is 4.04. The number of halogens is 4. The van der Waals surface area contributed by atoms with Crippen molar-refractivity contribution >= 4 is 56.9 Å². The van der Waals surface area contributed by atoms with Gasteiger partial charge in [0.1, 0.15) is 39.7 Å². The van der Waals surface area contributed by atoms with Gasteiger partial charge in [-0.05, 0) is 94.2 Å². The number of hydrogen-bond donors (Lipinski definition) is 1. The smallest absolute Gasteiger partial charge is 0.429 e. The molecule has 19 heteroatoms. The van der Waals surface area contributed by atoms with Gasteiger partial charge in [0.05, 0.1) is 19.5 Å². The first-order valence-electron chi connectivity index (χ1n) is 17.5. The maximum atomic E-state index is 13.4. The summed E-state index contributed by atoms with van der Waals surface area (Å²) in [5.41, 5.74) is -0.727. The maximum Gasteiger partial charge on any atom is 0.429 e. The highest BCUT2D eigenvalue weighted by Gasteiger charge is 2.34. The molecule has 0 saturated heterocycles. The average molecular weight is 845 g/mol. The number of amides is 2. The minimum atomic E-state index is -4.23. The number of carbonyl (C=O) groups excluding carboxylic acids is 3. The molecule has 1 heterocycles. The molecule has 2 amide bonds. The van der Waals surface area contributed by atoms with E-state index in [9.17, 15) is 36.8 Å². The number of ether oxygens (including phenoxy) is 5. The largest absolute Gasteiger partial charge is 0.619 e. The van der Waals surface area contributed by atoms with E-state index in [1.807, 2.05) is 0 Å². The van der Waals surface area contributed by atoms with Crippen molar-refractivity contribution < 1.29 is 60.0 Å². The van der Waals surface area contributed by atoms with Crippen molar-refractivity contribution in [2.75, 3.05) is 30.3 Å². The van der Waals surface area contributed by atoms with Crippen LogP contribution in [-0.2, 0) is 30.7 Å². The van der Waals surface area contributed by atoms with E-state index in [0.29, 0.717) is 9.04 Å². The van der Waals surface area contributed by atoms with Crippen LogP contribution in [0.5, 0.6) is 17.2 Å². The Morgan fingerprint density at radius 3 is 2.11 bits per heavy atom. The van der Waals surface area contributed by atoms with Gasteiger partial charge in [-0.3, -0.25) is 9.59 Å². The molecule has 14 nitrogen and oxygen atoms in total. The van der Waals surface area contributed by atoms with Crippen molar-refractivity contribution in [3.05, 3.63) is 80.7 Å². The minimum Gasteiger partial charge on any atom is -0.619 e. The summed E-state index contributed by atoms with van der Waals surface area (Å²) < 4.78 is 80.4. The molecular formula is C37H41Cl2F2N3O11S. The fraction of sp³-hybridized carbons (Fsp3) is 0.459. The minimum absolute atomic E-state index is 0.0176. The van der Waals surface area contributed by atoms with Gasteiger partial charge in [-0.2, -0.15) is 17.8 Å². The summed E-state index contributed by atoms with van der Waals surface area (Å²) in [6.45, 7) is 1.38. The Hall–Kier alpha value is -4.61. The molecule has 304 valence electrons. The predicted octanol–water partition coefficient (Wildman–Crippen LogP) is 6.76. The number of nitrogens with zero attached hydrogens (tertiary/aromatic N) is 2. The second-order valence-corrected chi connectivity index (χ2v) is 17.1. The highest BCUT2D eigenvalue weighted by Crippen LogP contribution is 2.39. The van der Waals surface area contributed by atoms with Gasteiger partial charge < -0.3 is 34.2 Å². The lowest BCUT2D eigenvalue weighted by Gasteiger charge is -2.27. The standard InChI is InChI=1S/C37H41Cl2F2N3O11S/c1-37(2,3)55-36(47)44(56(4,49)50)28-11-9-24(14-31(28)51-19-21-5-6-21)34(46)42-16-33(45)53-30(15-25-26(38)17-43(48)18-27(25)39)23-10-12-29(54-35(40)41)32(13-23)52-20-22-7-8-22/h9-14,17-18,21-22,30,35H,5-8,15-16,19-20H2,1-4H3,(H,42,46). The van der Waals surface area contributed by atoms with Gasteiger partial charge in [0.2, 0.25) is 10.0 Å². The lowest BCUT2D eigenvalue weighted by Crippen LogP contribution is -2.40. The van der Waals surface area contributed by atoms with E-state index in [2.05, 4.69) is 10.1 Å². The number of nitrogens with one attached hydrogen (secondary N) is 1. The first kappa shape index (κ1) is 42.5. The van der Waals surface area contributed by atoms with Gasteiger partial charge in [0.25, 0.3) is 5.91 Å². The fourth-order valence-electron chi connectivity index (χ4n) is 5.26. The van der Waals surface area contributed by atoms with Crippen LogP contribution in [0.1, 0.15) is 74.0 Å². The third-order valence-corrected chi connectivity index (χ3v) is 10.0. The van der Waals surface area contributed by atoms with Crippen LogP contribution in [0.4, 0.5) is 19.3 Å². The topological polar surface area (TPSA) is 174 Å². The number of aromatic nitrogens is 1. The lowest BCUT2D eigenvalue weighted by molar-refractivity contribution is -0.605. The molecule has 0 spiro atoms. The molecule has 1 aromatic heterocycles. The van der Waals surface area contributed by atoms with Crippen LogP contribution in [0.3, 0.4) is 0 Å². The molecule has 0 aliphatic heterocycles. The second kappa shape index (κ2) is 17.7. The maximum absolute atomic E-state index is 13.4. The Bertz CT molecular complexity index is 2040. The molecule has 2 aromatic carbocycles. The van der Waals surface area contributed by atoms with Gasteiger partial charge in [0.15, 0.2) is 23.9 Å². The van der Waals surface area contributed by atoms with E-state index >= 15 is 0 Å². The van der Waals surface area contributed by atoms with E-state index in [1.54, 1.807) is 20.8 Å². The normalized spacial score (nSPS) is 14.8. The van der Waals surface area contributed by atoms with Crippen LogP contribution >= 0.6 is 23.2 Å². The van der Waals surface area contributed by atoms with Crippen LogP contribution in [0.15, 0.2) is 48.8 Å². The van der Waals surface area contributed by atoms with Crippen molar-refractivity contribution in [3.63, 3.8) is 0 Å². The van der Waals surface area contributed by atoms with Gasteiger partial charge in [-0.15, -0.1) is 0 Å². The van der Waals surface area contributed by atoms with Crippen molar-refractivity contribution in [2.45, 2.75) is 71.2 Å². The quantitative estimate of drug-likeness (QED) is 0.0864. The number of anilines is 1. The molecular weight excluding hydrogens is 803 g/mol. The van der Waals surface area contributed by atoms with Crippen LogP contribution in [-0.4, -0.2) is 64.6 Å². The van der Waals surface area contributed by atoms with Gasteiger partial charge in [-0.1, -0.05) is 29.3 Å². The number of pyridine rings is 1. The molecule has 3 aromatic rings. The summed E-state index contributed by atoms with van der Waals surface area (Å²) in [7, 11) is -4.23. The molecule has 56 heavy (non-hydrogen) atoms. The van der Waals surface area contributed by atoms with Crippen molar-refractivity contribution in [1.29, 1.82) is 0 Å². The second-order valence-electron chi connectivity index (χ2n) is 14.4. The molecule has 2 aliphatic rings. The van der Waals surface area contributed by atoms with E-state index in [1.165, 1.54) is 36.4 Å². The van der Waals surface area contributed by atoms with E-state index in [0.717, 1.165) is 44.3 Å². The molecule has 1 N–H and O–H groups in total. The Morgan fingerprint density at radius 1 is 0.946 bits per heavy atom. The summed E-state index contributed by atoms with van der Waals surface area (Å²) in [5, 5.41) is 14.3. The van der Waals surface area contributed by atoms with E-state index < -0.39 is 52.9 Å². The number of esters is 1. The monoisotopic (exact) mass is 843 g/mol. The third kappa shape index (κ3) is 12.2. The summed E-state index contributed by atoms with van der Waals surface area (Å²) >= 11 is 12.7. The Morgan fingerprint density at radius 2 is 1.55 bits per heavy atom. The van der Waals surface area contributed by atoms with Crippen LogP contribution in [0.25, 0.3) is 0 Å². The number of rotatable bonds is 17. The lowest BCUT2D eigenvalue weighted by atomic mass is 10.0. The number of carbonyl (C=O) groups is 3. The average Bonchev–Trinajstić information content (AvgIpc) is 4.02. The summed E-state index contributed by atoms with van der Waals surface area (Å²) in [6, 6.07) is 7.73. The SMILES string of the molecule is CC(C)(C)OC(=O)N(c1ccc(C(=O)NCC(=O)OC(Cc2c(Cl)c[n+]([O-])cc2Cl)c2ccc(OC(F)F)c(OCC3CC3)c2)cc1OCC1CC1)S(C)(=O)=O. The van der Waals surface area contributed by atoms with Crippen LogP contribution in [0, 0.1) is 17.0 Å². The molecule has 0 bridgehead atoms. The van der Waals surface area contributed by atoms with E-state index in [-0.39, 0.29) is 81.1 Å². The first-order valence-corrected chi connectivity index (χ1v) is 20.1. The van der Waals surface area contributed by atoms with Crippen molar-refractivity contribution in [3.8, 4) is 17.2 Å². The molecule has 2 fully saturated rings. The van der Waals surface area contributed by atoms with Crippen molar-refractivity contribution in [2.24, 2.45) is 11.8 Å². The zero-order valence-corrected chi connectivity index (χ0v) is 33.2. The van der Waals surface area contributed by atoms with E-state index in [4.69, 9.17) is 42.1 Å². The van der Waals surface area contributed by atoms with Gasteiger partial charge in [0, 0.05) is 17.5 Å². The third-order valence-electron chi connectivity index (χ3n) is 8.34. The van der Waals surface area contributed by atoms with Gasteiger partial charge in [-0.25, -0.2) is 13.2 Å². The van der Waals surface area contributed by atoms with Crippen molar-refractivity contribution in [1.82, 2.24) is 5.32 Å². The van der Waals surface area contributed by atoms with Gasteiger partial charge >= 0.3 is 18.7 Å². The number of benzene rings is 2. The molecule has 5 rings (SSSR count).